The SMILES string of the molecule is Cc1cc(NC(=O)COC(=O)[C@H]2CS[C@@]3(C)CCC(=O)N23)no1. The summed E-state index contributed by atoms with van der Waals surface area (Å²) in [6.07, 6.45) is 1.17. The van der Waals surface area contributed by atoms with E-state index in [2.05, 4.69) is 10.5 Å². The molecular formula is C14H17N3O5S. The van der Waals surface area contributed by atoms with Crippen LogP contribution < -0.4 is 5.32 Å². The van der Waals surface area contributed by atoms with Crippen molar-refractivity contribution in [3.63, 3.8) is 0 Å². The minimum Gasteiger partial charge on any atom is -0.454 e. The highest BCUT2D eigenvalue weighted by atomic mass is 32.2. The third-order valence-electron chi connectivity index (χ3n) is 3.96. The van der Waals surface area contributed by atoms with Gasteiger partial charge in [0.15, 0.2) is 12.4 Å². The summed E-state index contributed by atoms with van der Waals surface area (Å²) in [5.74, 6) is 0.220. The fourth-order valence-electron chi connectivity index (χ4n) is 2.83. The van der Waals surface area contributed by atoms with Gasteiger partial charge in [-0.25, -0.2) is 4.79 Å². The topological polar surface area (TPSA) is 102 Å². The minimum absolute atomic E-state index is 0.0398. The number of rotatable bonds is 4. The highest BCUT2D eigenvalue weighted by molar-refractivity contribution is 8.01. The fourth-order valence-corrected chi connectivity index (χ4v) is 4.25. The minimum atomic E-state index is -0.623. The van der Waals surface area contributed by atoms with Crippen LogP contribution in [0.5, 0.6) is 0 Å². The number of nitrogens with one attached hydrogen (secondary N) is 1. The van der Waals surface area contributed by atoms with Gasteiger partial charge in [0.1, 0.15) is 11.8 Å². The van der Waals surface area contributed by atoms with E-state index in [1.54, 1.807) is 29.7 Å². The maximum Gasteiger partial charge on any atom is 0.330 e. The van der Waals surface area contributed by atoms with Gasteiger partial charge >= 0.3 is 5.97 Å². The van der Waals surface area contributed by atoms with Crippen LogP contribution in [0, 0.1) is 6.92 Å². The normalized spacial score (nSPS) is 26.3. The second-order valence-electron chi connectivity index (χ2n) is 5.74. The first-order valence-electron chi connectivity index (χ1n) is 7.25. The van der Waals surface area contributed by atoms with E-state index in [4.69, 9.17) is 9.26 Å². The Bertz CT molecular complexity index is 661. The molecule has 2 aliphatic rings. The molecule has 2 aliphatic heterocycles. The zero-order chi connectivity index (χ0) is 16.6. The molecule has 0 bridgehead atoms. The number of nitrogens with zero attached hydrogens (tertiary/aromatic N) is 2. The smallest absolute Gasteiger partial charge is 0.330 e. The monoisotopic (exact) mass is 339 g/mol. The van der Waals surface area contributed by atoms with E-state index in [9.17, 15) is 14.4 Å². The van der Waals surface area contributed by atoms with Crippen LogP contribution in [0.15, 0.2) is 10.6 Å². The standard InChI is InChI=1S/C14H17N3O5S/c1-8-5-10(16-22-8)15-11(18)6-21-13(20)9-7-23-14(2)4-3-12(19)17(9)14/h5,9H,3-4,6-7H2,1-2H3,(H,15,16,18)/t9-,14+/m1/s1. The lowest BCUT2D eigenvalue weighted by molar-refractivity contribution is -0.155. The van der Waals surface area contributed by atoms with Crippen LogP contribution in [0.3, 0.4) is 0 Å². The average molecular weight is 339 g/mol. The molecule has 0 spiro atoms. The van der Waals surface area contributed by atoms with Crippen LogP contribution in [-0.4, -0.2) is 51.1 Å². The Labute approximate surface area is 136 Å². The van der Waals surface area contributed by atoms with Crippen molar-refractivity contribution in [3.05, 3.63) is 11.8 Å². The molecule has 3 heterocycles. The third-order valence-corrected chi connectivity index (χ3v) is 5.46. The molecule has 2 amide bonds. The number of esters is 1. The van der Waals surface area contributed by atoms with Crippen molar-refractivity contribution in [2.24, 2.45) is 0 Å². The number of aryl methyl sites for hydroxylation is 1. The lowest BCUT2D eigenvalue weighted by Crippen LogP contribution is -2.47. The van der Waals surface area contributed by atoms with Crippen molar-refractivity contribution >= 4 is 35.4 Å². The molecule has 124 valence electrons. The Morgan fingerprint density at radius 3 is 3.09 bits per heavy atom. The molecule has 2 atom stereocenters. The number of hydrogen-bond acceptors (Lipinski definition) is 7. The Morgan fingerprint density at radius 1 is 1.61 bits per heavy atom. The predicted molar refractivity (Wildman–Crippen MR) is 81.6 cm³/mol. The van der Waals surface area contributed by atoms with Crippen molar-refractivity contribution in [2.75, 3.05) is 17.7 Å². The van der Waals surface area contributed by atoms with Crippen LogP contribution in [0.2, 0.25) is 0 Å². The second kappa shape index (κ2) is 5.88. The molecule has 0 radical (unpaired) electrons. The van der Waals surface area contributed by atoms with Crippen molar-refractivity contribution < 1.29 is 23.6 Å². The molecule has 1 N–H and O–H groups in total. The molecule has 0 aliphatic carbocycles. The predicted octanol–water partition coefficient (Wildman–Crippen LogP) is 0.919. The molecule has 1 aromatic heterocycles. The number of fused-ring (bicyclic) bond motifs is 1. The number of carbonyl (C=O) groups is 3. The summed E-state index contributed by atoms with van der Waals surface area (Å²) in [6.45, 7) is 3.23. The summed E-state index contributed by atoms with van der Waals surface area (Å²) in [7, 11) is 0. The Balaban J connectivity index is 1.53. The summed E-state index contributed by atoms with van der Waals surface area (Å²) in [5.41, 5.74) is 0. The molecule has 8 nitrogen and oxygen atoms in total. The summed E-state index contributed by atoms with van der Waals surface area (Å²) >= 11 is 1.58. The summed E-state index contributed by atoms with van der Waals surface area (Å²) in [6, 6.07) is 0.934. The van der Waals surface area contributed by atoms with E-state index in [0.29, 0.717) is 17.9 Å². The maximum atomic E-state index is 12.2. The van der Waals surface area contributed by atoms with Crippen LogP contribution >= 0.6 is 11.8 Å². The number of hydrogen-bond donors (Lipinski definition) is 1. The van der Waals surface area contributed by atoms with Crippen LogP contribution in [0.4, 0.5) is 5.82 Å². The number of thioether (sulfide) groups is 1. The molecule has 3 rings (SSSR count). The van der Waals surface area contributed by atoms with Gasteiger partial charge in [-0.2, -0.15) is 0 Å². The maximum absolute atomic E-state index is 12.2. The molecule has 2 saturated heterocycles. The van der Waals surface area contributed by atoms with Gasteiger partial charge in [0, 0.05) is 18.2 Å². The van der Waals surface area contributed by atoms with Gasteiger partial charge in [-0.05, 0) is 20.3 Å². The number of carbonyl (C=O) groups excluding carboxylic acids is 3. The third kappa shape index (κ3) is 3.05. The van der Waals surface area contributed by atoms with Gasteiger partial charge in [0.2, 0.25) is 5.91 Å². The molecule has 2 fully saturated rings. The molecule has 1 aromatic rings. The van der Waals surface area contributed by atoms with Crippen LogP contribution in [0.25, 0.3) is 0 Å². The van der Waals surface area contributed by atoms with Gasteiger partial charge in [-0.3, -0.25) is 9.59 Å². The Hall–Kier alpha value is -2.03. The first-order chi connectivity index (χ1) is 10.9. The highest BCUT2D eigenvalue weighted by Crippen LogP contribution is 2.47. The molecule has 0 saturated carbocycles. The van der Waals surface area contributed by atoms with E-state index in [-0.39, 0.29) is 16.6 Å². The number of amides is 2. The average Bonchev–Trinajstić information content (AvgIpc) is 3.13. The van der Waals surface area contributed by atoms with Gasteiger partial charge in [0.05, 0.1) is 4.87 Å². The second-order valence-corrected chi connectivity index (χ2v) is 7.25. The van der Waals surface area contributed by atoms with E-state index in [0.717, 1.165) is 6.42 Å². The zero-order valence-electron chi connectivity index (χ0n) is 12.8. The number of aromatic nitrogens is 1. The highest BCUT2D eigenvalue weighted by Gasteiger charge is 2.53. The molecule has 0 aromatic carbocycles. The van der Waals surface area contributed by atoms with Gasteiger partial charge < -0.3 is 19.5 Å². The Kier molecular flexibility index (Phi) is 4.05. The van der Waals surface area contributed by atoms with E-state index in [1.165, 1.54) is 0 Å². The number of ether oxygens (including phenoxy) is 1. The van der Waals surface area contributed by atoms with E-state index >= 15 is 0 Å². The van der Waals surface area contributed by atoms with E-state index in [1.807, 2.05) is 6.92 Å². The van der Waals surface area contributed by atoms with Crippen molar-refractivity contribution in [3.8, 4) is 0 Å². The Morgan fingerprint density at radius 2 is 2.39 bits per heavy atom. The first-order valence-corrected chi connectivity index (χ1v) is 8.23. The molecule has 9 heteroatoms. The summed E-state index contributed by atoms with van der Waals surface area (Å²) < 4.78 is 9.87. The van der Waals surface area contributed by atoms with Crippen molar-refractivity contribution in [1.29, 1.82) is 0 Å². The van der Waals surface area contributed by atoms with Crippen molar-refractivity contribution in [2.45, 2.75) is 37.6 Å². The van der Waals surface area contributed by atoms with Gasteiger partial charge in [-0.1, -0.05) is 5.16 Å². The number of anilines is 1. The first kappa shape index (κ1) is 15.9. The van der Waals surface area contributed by atoms with Gasteiger partial charge in [-0.15, -0.1) is 11.8 Å². The largest absolute Gasteiger partial charge is 0.454 e. The summed E-state index contributed by atoms with van der Waals surface area (Å²) in [5, 5.41) is 6.08. The quantitative estimate of drug-likeness (QED) is 0.814. The van der Waals surface area contributed by atoms with Crippen LogP contribution in [0.1, 0.15) is 25.5 Å². The summed E-state index contributed by atoms with van der Waals surface area (Å²) in [4.78, 5) is 37.2. The fraction of sp³-hybridized carbons (Fsp3) is 0.571. The lowest BCUT2D eigenvalue weighted by Gasteiger charge is -2.29. The molecule has 0 unspecified atom stereocenters. The van der Waals surface area contributed by atoms with Gasteiger partial charge in [0.25, 0.3) is 5.91 Å². The molecule has 23 heavy (non-hydrogen) atoms. The molecular weight excluding hydrogens is 322 g/mol. The van der Waals surface area contributed by atoms with Crippen LogP contribution in [-0.2, 0) is 19.1 Å². The van der Waals surface area contributed by atoms with Crippen molar-refractivity contribution in [1.82, 2.24) is 10.1 Å². The lowest BCUT2D eigenvalue weighted by atomic mass is 10.2. The van der Waals surface area contributed by atoms with E-state index < -0.39 is 24.5 Å². The zero-order valence-corrected chi connectivity index (χ0v) is 13.6.